The summed E-state index contributed by atoms with van der Waals surface area (Å²) < 4.78 is 28.4. The number of benzene rings is 1. The lowest BCUT2D eigenvalue weighted by Crippen LogP contribution is -2.16. The number of hydrogen-bond donors (Lipinski definition) is 1. The number of carbonyl (C=O) groups is 1. The summed E-state index contributed by atoms with van der Waals surface area (Å²) in [4.78, 5) is 11.4. The predicted molar refractivity (Wildman–Crippen MR) is 73.9 cm³/mol. The molecule has 0 fully saturated rings. The molecule has 0 aliphatic heterocycles. The van der Waals surface area contributed by atoms with Crippen molar-refractivity contribution in [1.29, 1.82) is 0 Å². The Balaban J connectivity index is 2.64. The lowest BCUT2D eigenvalue weighted by atomic mass is 10.3. The van der Waals surface area contributed by atoms with Crippen LogP contribution in [0.4, 0.5) is 5.69 Å². The fraction of sp³-hybridized carbons (Fsp3) is 0.462. The van der Waals surface area contributed by atoms with E-state index in [0.29, 0.717) is 23.6 Å². The maximum Gasteiger partial charge on any atom is 0.325 e. The average Bonchev–Trinajstić information content (AvgIpc) is 2.37. The van der Waals surface area contributed by atoms with E-state index in [0.717, 1.165) is 0 Å². The summed E-state index contributed by atoms with van der Waals surface area (Å²) in [6, 6.07) is 6.36. The Morgan fingerprint density at radius 1 is 1.21 bits per heavy atom. The van der Waals surface area contributed by atoms with Gasteiger partial charge >= 0.3 is 5.97 Å². The molecule has 0 saturated carbocycles. The van der Waals surface area contributed by atoms with E-state index in [9.17, 15) is 13.2 Å². The van der Waals surface area contributed by atoms with Gasteiger partial charge in [-0.05, 0) is 37.6 Å². The standard InChI is InChI=1S/C13H19NO4S/c1-3-9-19(16,17)12-7-5-11(6-8-12)14-10-13(15)18-4-2/h5-8,14H,3-4,9-10H2,1-2H3. The Labute approximate surface area is 113 Å². The van der Waals surface area contributed by atoms with Gasteiger partial charge in [-0.2, -0.15) is 0 Å². The second kappa shape index (κ2) is 7.13. The van der Waals surface area contributed by atoms with Crippen molar-refractivity contribution in [3.8, 4) is 0 Å². The molecule has 6 heteroatoms. The lowest BCUT2D eigenvalue weighted by Gasteiger charge is -2.07. The Kier molecular flexibility index (Phi) is 5.82. The quantitative estimate of drug-likeness (QED) is 0.774. The number of sulfone groups is 1. The third-order valence-corrected chi connectivity index (χ3v) is 4.36. The van der Waals surface area contributed by atoms with Gasteiger partial charge in [0.15, 0.2) is 9.84 Å². The van der Waals surface area contributed by atoms with Crippen LogP contribution in [-0.2, 0) is 19.4 Å². The highest BCUT2D eigenvalue weighted by Gasteiger charge is 2.12. The van der Waals surface area contributed by atoms with Gasteiger partial charge in [0.2, 0.25) is 0 Å². The second-order valence-electron chi connectivity index (χ2n) is 4.00. The molecule has 0 amide bonds. The number of rotatable bonds is 7. The Morgan fingerprint density at radius 2 is 1.84 bits per heavy atom. The summed E-state index contributed by atoms with van der Waals surface area (Å²) in [7, 11) is -3.19. The topological polar surface area (TPSA) is 72.5 Å². The van der Waals surface area contributed by atoms with Gasteiger partial charge in [-0.25, -0.2) is 8.42 Å². The molecular formula is C13H19NO4S. The summed E-state index contributed by atoms with van der Waals surface area (Å²) in [6.07, 6.45) is 0.588. The van der Waals surface area contributed by atoms with Crippen LogP contribution in [0.1, 0.15) is 20.3 Å². The van der Waals surface area contributed by atoms with Crippen LogP contribution in [0.5, 0.6) is 0 Å². The van der Waals surface area contributed by atoms with Gasteiger partial charge < -0.3 is 10.1 Å². The first-order chi connectivity index (χ1) is 8.99. The van der Waals surface area contributed by atoms with Crippen LogP contribution in [-0.4, -0.2) is 33.3 Å². The van der Waals surface area contributed by atoms with Gasteiger partial charge in [0.05, 0.1) is 17.3 Å². The van der Waals surface area contributed by atoms with Crippen molar-refractivity contribution in [1.82, 2.24) is 0 Å². The molecule has 0 heterocycles. The first kappa shape index (κ1) is 15.5. The smallest absolute Gasteiger partial charge is 0.325 e. The first-order valence-electron chi connectivity index (χ1n) is 6.22. The average molecular weight is 285 g/mol. The van der Waals surface area contributed by atoms with Crippen LogP contribution >= 0.6 is 0 Å². The Hall–Kier alpha value is -1.56. The molecule has 1 aromatic carbocycles. The highest BCUT2D eigenvalue weighted by Crippen LogP contribution is 2.15. The van der Waals surface area contributed by atoms with Crippen LogP contribution in [0, 0.1) is 0 Å². The molecule has 19 heavy (non-hydrogen) atoms. The summed E-state index contributed by atoms with van der Waals surface area (Å²) in [6.45, 7) is 3.97. The van der Waals surface area contributed by atoms with E-state index in [1.165, 1.54) is 0 Å². The van der Waals surface area contributed by atoms with E-state index >= 15 is 0 Å². The van der Waals surface area contributed by atoms with Crippen LogP contribution in [0.2, 0.25) is 0 Å². The fourth-order valence-corrected chi connectivity index (χ4v) is 2.88. The molecule has 0 unspecified atom stereocenters. The predicted octanol–water partition coefficient (Wildman–Crippen LogP) is 1.85. The minimum atomic E-state index is -3.19. The van der Waals surface area contributed by atoms with E-state index in [1.807, 2.05) is 6.92 Å². The molecule has 5 nitrogen and oxygen atoms in total. The SMILES string of the molecule is CCCS(=O)(=O)c1ccc(NCC(=O)OCC)cc1. The van der Waals surface area contributed by atoms with E-state index in [2.05, 4.69) is 5.32 Å². The minimum absolute atomic E-state index is 0.0644. The molecule has 0 spiro atoms. The molecule has 0 aromatic heterocycles. The van der Waals surface area contributed by atoms with Gasteiger partial charge in [-0.1, -0.05) is 6.92 Å². The summed E-state index contributed by atoms with van der Waals surface area (Å²) >= 11 is 0. The van der Waals surface area contributed by atoms with E-state index in [4.69, 9.17) is 4.74 Å². The van der Waals surface area contributed by atoms with Crippen LogP contribution in [0.15, 0.2) is 29.2 Å². The first-order valence-corrected chi connectivity index (χ1v) is 7.87. The molecule has 0 radical (unpaired) electrons. The third-order valence-electron chi connectivity index (χ3n) is 2.43. The molecular weight excluding hydrogens is 266 g/mol. The summed E-state index contributed by atoms with van der Waals surface area (Å²) in [5.41, 5.74) is 0.684. The summed E-state index contributed by atoms with van der Waals surface area (Å²) in [5.74, 6) is -0.201. The normalized spacial score (nSPS) is 11.1. The van der Waals surface area contributed by atoms with E-state index in [-0.39, 0.29) is 18.3 Å². The van der Waals surface area contributed by atoms with Crippen LogP contribution < -0.4 is 5.32 Å². The minimum Gasteiger partial charge on any atom is -0.465 e. The molecule has 1 N–H and O–H groups in total. The van der Waals surface area contributed by atoms with Crippen LogP contribution in [0.3, 0.4) is 0 Å². The van der Waals surface area contributed by atoms with Crippen LogP contribution in [0.25, 0.3) is 0 Å². The van der Waals surface area contributed by atoms with Gasteiger partial charge in [-0.15, -0.1) is 0 Å². The zero-order chi connectivity index (χ0) is 14.3. The zero-order valence-corrected chi connectivity index (χ0v) is 12.0. The van der Waals surface area contributed by atoms with Gasteiger partial charge in [-0.3, -0.25) is 4.79 Å². The number of hydrogen-bond acceptors (Lipinski definition) is 5. The number of nitrogens with one attached hydrogen (secondary N) is 1. The Bertz CT molecular complexity index is 508. The number of esters is 1. The van der Waals surface area contributed by atoms with Gasteiger partial charge in [0, 0.05) is 5.69 Å². The van der Waals surface area contributed by atoms with Crippen molar-refractivity contribution in [2.75, 3.05) is 24.2 Å². The molecule has 0 bridgehead atoms. The second-order valence-corrected chi connectivity index (χ2v) is 6.11. The monoisotopic (exact) mass is 285 g/mol. The third kappa shape index (κ3) is 4.90. The van der Waals surface area contributed by atoms with Crippen molar-refractivity contribution in [2.45, 2.75) is 25.2 Å². The number of carbonyl (C=O) groups excluding carboxylic acids is 1. The Morgan fingerprint density at radius 3 is 2.37 bits per heavy atom. The largest absolute Gasteiger partial charge is 0.465 e. The molecule has 0 aliphatic rings. The van der Waals surface area contributed by atoms with Crippen molar-refractivity contribution in [2.24, 2.45) is 0 Å². The molecule has 1 rings (SSSR count). The molecule has 0 saturated heterocycles. The maximum atomic E-state index is 11.8. The molecule has 1 aromatic rings. The van der Waals surface area contributed by atoms with E-state index < -0.39 is 9.84 Å². The molecule has 0 atom stereocenters. The fourth-order valence-electron chi connectivity index (χ4n) is 1.55. The highest BCUT2D eigenvalue weighted by atomic mass is 32.2. The summed E-state index contributed by atoms with van der Waals surface area (Å²) in [5, 5.41) is 2.87. The zero-order valence-electron chi connectivity index (χ0n) is 11.2. The van der Waals surface area contributed by atoms with E-state index in [1.54, 1.807) is 31.2 Å². The van der Waals surface area contributed by atoms with Crippen molar-refractivity contribution in [3.05, 3.63) is 24.3 Å². The molecule has 0 aliphatic carbocycles. The highest BCUT2D eigenvalue weighted by molar-refractivity contribution is 7.91. The van der Waals surface area contributed by atoms with Crippen molar-refractivity contribution >= 4 is 21.5 Å². The van der Waals surface area contributed by atoms with Gasteiger partial charge in [0.1, 0.15) is 6.54 Å². The molecule has 106 valence electrons. The maximum absolute atomic E-state index is 11.8. The van der Waals surface area contributed by atoms with Crippen molar-refractivity contribution in [3.63, 3.8) is 0 Å². The lowest BCUT2D eigenvalue weighted by molar-refractivity contribution is -0.140. The number of anilines is 1. The van der Waals surface area contributed by atoms with Gasteiger partial charge in [0.25, 0.3) is 0 Å². The number of ether oxygens (including phenoxy) is 1. The van der Waals surface area contributed by atoms with Crippen molar-refractivity contribution < 1.29 is 17.9 Å².